The molecule has 3 rings (SSSR count). The minimum absolute atomic E-state index is 0.227. The van der Waals surface area contributed by atoms with Gasteiger partial charge in [-0.25, -0.2) is 4.39 Å². The Balaban J connectivity index is 1.74. The second-order valence-corrected chi connectivity index (χ2v) is 6.39. The highest BCUT2D eigenvalue weighted by molar-refractivity contribution is 5.92. The van der Waals surface area contributed by atoms with Crippen molar-refractivity contribution in [1.82, 2.24) is 25.2 Å². The Hall–Kier alpha value is -3.03. The maximum Gasteiger partial charge on any atom is 0.270 e. The van der Waals surface area contributed by atoms with Crippen LogP contribution in [0.5, 0.6) is 0 Å². The maximum atomic E-state index is 13.3. The zero-order valence-corrected chi connectivity index (χ0v) is 15.0. The van der Waals surface area contributed by atoms with Gasteiger partial charge >= 0.3 is 0 Å². The van der Waals surface area contributed by atoms with Crippen LogP contribution >= 0.6 is 0 Å². The highest BCUT2D eigenvalue weighted by Gasteiger charge is 2.21. The van der Waals surface area contributed by atoms with E-state index in [1.807, 2.05) is 13.8 Å². The van der Waals surface area contributed by atoms with Gasteiger partial charge in [0.2, 0.25) is 11.7 Å². The number of carbonyl (C=O) groups excluding carboxylic acids is 1. The van der Waals surface area contributed by atoms with Gasteiger partial charge in [0, 0.05) is 12.6 Å². The summed E-state index contributed by atoms with van der Waals surface area (Å²) in [5.74, 6) is 0.0642. The predicted octanol–water partition coefficient (Wildman–Crippen LogP) is 3.22. The van der Waals surface area contributed by atoms with Crippen LogP contribution in [0.4, 0.5) is 4.39 Å². The highest BCUT2D eigenvalue weighted by Crippen LogP contribution is 2.20. The smallest absolute Gasteiger partial charge is 0.270 e. The van der Waals surface area contributed by atoms with Crippen LogP contribution in [0.15, 0.2) is 34.9 Å². The van der Waals surface area contributed by atoms with Gasteiger partial charge in [-0.1, -0.05) is 31.1 Å². The molecule has 0 saturated carbocycles. The zero-order valence-electron chi connectivity index (χ0n) is 15.0. The minimum atomic E-state index is -0.505. The van der Waals surface area contributed by atoms with Gasteiger partial charge in [0.1, 0.15) is 17.6 Å². The predicted molar refractivity (Wildman–Crippen MR) is 92.9 cm³/mol. The Morgan fingerprint density at radius 2 is 2.04 bits per heavy atom. The van der Waals surface area contributed by atoms with Gasteiger partial charge in [0.15, 0.2) is 0 Å². The van der Waals surface area contributed by atoms with E-state index in [-0.39, 0.29) is 29.4 Å². The summed E-state index contributed by atoms with van der Waals surface area (Å²) >= 11 is 0. The molecule has 26 heavy (non-hydrogen) atoms. The third-order valence-electron chi connectivity index (χ3n) is 3.97. The van der Waals surface area contributed by atoms with Crippen molar-refractivity contribution in [2.75, 3.05) is 0 Å². The lowest BCUT2D eigenvalue weighted by Crippen LogP contribution is -2.28. The fourth-order valence-electron chi connectivity index (χ4n) is 2.47. The first-order chi connectivity index (χ1) is 12.3. The van der Waals surface area contributed by atoms with Gasteiger partial charge in [0.05, 0.1) is 5.69 Å². The number of halogens is 1. The molecule has 0 aliphatic rings. The van der Waals surface area contributed by atoms with Crippen molar-refractivity contribution in [1.29, 1.82) is 0 Å². The molecule has 8 heteroatoms. The first-order valence-electron chi connectivity index (χ1n) is 8.29. The van der Waals surface area contributed by atoms with Crippen LogP contribution in [-0.4, -0.2) is 25.8 Å². The van der Waals surface area contributed by atoms with E-state index in [0.717, 1.165) is 5.69 Å². The topological polar surface area (TPSA) is 85.8 Å². The number of amides is 1. The van der Waals surface area contributed by atoms with E-state index in [1.54, 1.807) is 36.9 Å². The largest absolute Gasteiger partial charge is 0.339 e. The molecule has 0 aliphatic heterocycles. The molecule has 7 nitrogen and oxygen atoms in total. The molecule has 0 spiro atoms. The normalized spacial score (nSPS) is 12.4. The summed E-state index contributed by atoms with van der Waals surface area (Å²) in [6, 6.07) is 7.17. The van der Waals surface area contributed by atoms with Crippen LogP contribution in [0.1, 0.15) is 54.8 Å². The van der Waals surface area contributed by atoms with Gasteiger partial charge < -0.3 is 9.84 Å². The number of nitrogens with zero attached hydrogens (tertiary/aromatic N) is 4. The van der Waals surface area contributed by atoms with E-state index in [4.69, 9.17) is 4.52 Å². The van der Waals surface area contributed by atoms with E-state index < -0.39 is 6.04 Å². The fourth-order valence-corrected chi connectivity index (χ4v) is 2.47. The van der Waals surface area contributed by atoms with Crippen molar-refractivity contribution in [2.24, 2.45) is 7.05 Å². The van der Waals surface area contributed by atoms with Crippen molar-refractivity contribution in [3.63, 3.8) is 0 Å². The van der Waals surface area contributed by atoms with Crippen molar-refractivity contribution in [3.05, 3.63) is 53.4 Å². The number of benzene rings is 1. The summed E-state index contributed by atoms with van der Waals surface area (Å²) in [4.78, 5) is 16.7. The average molecular weight is 357 g/mol. The number of carbonyl (C=O) groups is 1. The fraction of sp³-hybridized carbons (Fsp3) is 0.333. The Bertz CT molecular complexity index is 931. The van der Waals surface area contributed by atoms with E-state index in [0.29, 0.717) is 11.3 Å². The third kappa shape index (κ3) is 3.63. The molecular weight excluding hydrogens is 337 g/mol. The standard InChI is InChI=1S/C18H20FN5O2/c1-10(2)14-9-15(24(4)22-14)17(25)20-11(3)18-21-16(23-26-18)12-6-5-7-13(19)8-12/h5-11H,1-4H3,(H,20,25)/t11-/m1/s1. The first-order valence-corrected chi connectivity index (χ1v) is 8.29. The molecule has 1 atom stereocenters. The Labute approximate surface area is 150 Å². The molecule has 1 N–H and O–H groups in total. The first kappa shape index (κ1) is 17.8. The monoisotopic (exact) mass is 357 g/mol. The second-order valence-electron chi connectivity index (χ2n) is 6.39. The van der Waals surface area contributed by atoms with E-state index in [1.165, 1.54) is 12.1 Å². The summed E-state index contributed by atoms with van der Waals surface area (Å²) in [5, 5.41) is 11.0. The quantitative estimate of drug-likeness (QED) is 0.758. The Morgan fingerprint density at radius 3 is 2.69 bits per heavy atom. The van der Waals surface area contributed by atoms with Crippen LogP contribution in [0, 0.1) is 5.82 Å². The molecule has 0 bridgehead atoms. The van der Waals surface area contributed by atoms with Crippen LogP contribution in [-0.2, 0) is 7.05 Å². The zero-order chi connectivity index (χ0) is 18.8. The molecule has 2 heterocycles. The number of hydrogen-bond donors (Lipinski definition) is 1. The number of rotatable bonds is 5. The summed E-state index contributed by atoms with van der Waals surface area (Å²) in [7, 11) is 1.72. The molecule has 1 aromatic carbocycles. The number of aryl methyl sites for hydroxylation is 1. The summed E-state index contributed by atoms with van der Waals surface area (Å²) in [5.41, 5.74) is 1.80. The van der Waals surface area contributed by atoms with Crippen LogP contribution in [0.3, 0.4) is 0 Å². The third-order valence-corrected chi connectivity index (χ3v) is 3.97. The van der Waals surface area contributed by atoms with Crippen molar-refractivity contribution in [2.45, 2.75) is 32.7 Å². The van der Waals surface area contributed by atoms with Crippen molar-refractivity contribution >= 4 is 5.91 Å². The molecule has 0 saturated heterocycles. The van der Waals surface area contributed by atoms with Gasteiger partial charge in [-0.2, -0.15) is 10.1 Å². The Morgan fingerprint density at radius 1 is 1.27 bits per heavy atom. The van der Waals surface area contributed by atoms with Crippen molar-refractivity contribution in [3.8, 4) is 11.4 Å². The molecule has 136 valence electrons. The SMILES string of the molecule is CC(C)c1cc(C(=O)N[C@H](C)c2nc(-c3cccc(F)c3)no2)n(C)n1. The van der Waals surface area contributed by atoms with Gasteiger partial charge in [0.25, 0.3) is 5.91 Å². The Kier molecular flexibility index (Phi) is 4.83. The molecule has 0 fully saturated rings. The molecule has 1 amide bonds. The van der Waals surface area contributed by atoms with E-state index >= 15 is 0 Å². The van der Waals surface area contributed by atoms with Crippen LogP contribution < -0.4 is 5.32 Å². The van der Waals surface area contributed by atoms with E-state index in [9.17, 15) is 9.18 Å². The highest BCUT2D eigenvalue weighted by atomic mass is 19.1. The summed E-state index contributed by atoms with van der Waals surface area (Å²) < 4.78 is 20.1. The molecule has 0 unspecified atom stereocenters. The van der Waals surface area contributed by atoms with E-state index in [2.05, 4.69) is 20.6 Å². The van der Waals surface area contributed by atoms with Crippen LogP contribution in [0.25, 0.3) is 11.4 Å². The molecule has 2 aromatic heterocycles. The summed E-state index contributed by atoms with van der Waals surface area (Å²) in [6.45, 7) is 5.76. The van der Waals surface area contributed by atoms with Gasteiger partial charge in [-0.15, -0.1) is 0 Å². The molecule has 0 aliphatic carbocycles. The lowest BCUT2D eigenvalue weighted by atomic mass is 10.1. The molecule has 3 aromatic rings. The maximum absolute atomic E-state index is 13.3. The average Bonchev–Trinajstić information content (AvgIpc) is 3.21. The summed E-state index contributed by atoms with van der Waals surface area (Å²) in [6.07, 6.45) is 0. The second kappa shape index (κ2) is 7.07. The number of aromatic nitrogens is 4. The van der Waals surface area contributed by atoms with Crippen molar-refractivity contribution < 1.29 is 13.7 Å². The molecular formula is C18H20FN5O2. The van der Waals surface area contributed by atoms with Crippen LogP contribution in [0.2, 0.25) is 0 Å². The minimum Gasteiger partial charge on any atom is -0.339 e. The van der Waals surface area contributed by atoms with Gasteiger partial charge in [-0.05, 0) is 31.0 Å². The lowest BCUT2D eigenvalue weighted by molar-refractivity contribution is 0.0923. The van der Waals surface area contributed by atoms with Gasteiger partial charge in [-0.3, -0.25) is 9.48 Å². The number of nitrogens with one attached hydrogen (secondary N) is 1. The molecule has 0 radical (unpaired) electrons. The lowest BCUT2D eigenvalue weighted by Gasteiger charge is -2.09. The number of hydrogen-bond acceptors (Lipinski definition) is 5.